The van der Waals surface area contributed by atoms with Crippen LogP contribution in [0.5, 0.6) is 0 Å². The van der Waals surface area contributed by atoms with Crippen molar-refractivity contribution in [3.63, 3.8) is 0 Å². The molecule has 0 saturated heterocycles. The average molecular weight is 227 g/mol. The Hall–Kier alpha value is -0.290. The Kier molecular flexibility index (Phi) is 6.20. The molecule has 92 valence electrons. The van der Waals surface area contributed by atoms with Crippen molar-refractivity contribution in [2.75, 3.05) is 26.3 Å². The van der Waals surface area contributed by atoms with Gasteiger partial charge in [-0.2, -0.15) is 13.2 Å². The molecule has 15 heavy (non-hydrogen) atoms. The van der Waals surface area contributed by atoms with Gasteiger partial charge in [0, 0.05) is 13.2 Å². The highest BCUT2D eigenvalue weighted by molar-refractivity contribution is 4.60. The van der Waals surface area contributed by atoms with Crippen molar-refractivity contribution < 1.29 is 17.9 Å². The van der Waals surface area contributed by atoms with Gasteiger partial charge < -0.3 is 10.1 Å². The van der Waals surface area contributed by atoms with Crippen molar-refractivity contribution in [3.8, 4) is 0 Å². The number of hydrogen-bond acceptors (Lipinski definition) is 2. The van der Waals surface area contributed by atoms with Gasteiger partial charge in [0.05, 0.1) is 13.2 Å². The highest BCUT2D eigenvalue weighted by Crippen LogP contribution is 2.17. The summed E-state index contributed by atoms with van der Waals surface area (Å²) in [6.07, 6.45) is -3.22. The van der Waals surface area contributed by atoms with Crippen LogP contribution in [-0.4, -0.2) is 32.5 Å². The second-order valence-corrected chi connectivity index (χ2v) is 4.71. The van der Waals surface area contributed by atoms with E-state index in [-0.39, 0.29) is 12.0 Å². The third-order valence-corrected chi connectivity index (χ3v) is 1.75. The number of rotatable bonds is 6. The van der Waals surface area contributed by atoms with Gasteiger partial charge in [-0.05, 0) is 11.8 Å². The van der Waals surface area contributed by atoms with Crippen LogP contribution in [0, 0.1) is 5.41 Å². The molecule has 1 N–H and O–H groups in total. The lowest BCUT2D eigenvalue weighted by molar-refractivity contribution is -0.125. The molecule has 0 fully saturated rings. The fourth-order valence-corrected chi connectivity index (χ4v) is 0.855. The van der Waals surface area contributed by atoms with Gasteiger partial charge in [-0.3, -0.25) is 0 Å². The van der Waals surface area contributed by atoms with E-state index >= 15 is 0 Å². The molecule has 0 bridgehead atoms. The van der Waals surface area contributed by atoms with Crippen LogP contribution in [0.3, 0.4) is 0 Å². The van der Waals surface area contributed by atoms with Crippen LogP contribution >= 0.6 is 0 Å². The molecule has 0 aliphatic heterocycles. The normalized spacial score (nSPS) is 13.2. The Bertz CT molecular complexity index is 145. The van der Waals surface area contributed by atoms with Crippen molar-refractivity contribution in [1.29, 1.82) is 0 Å². The third-order valence-electron chi connectivity index (χ3n) is 1.75. The van der Waals surface area contributed by atoms with E-state index in [1.807, 2.05) is 0 Å². The predicted octanol–water partition coefficient (Wildman–Crippen LogP) is 2.59. The maximum absolute atomic E-state index is 11.7. The van der Waals surface area contributed by atoms with E-state index in [2.05, 4.69) is 26.1 Å². The number of hydrogen-bond donors (Lipinski definition) is 1. The quantitative estimate of drug-likeness (QED) is 0.704. The molecule has 0 rings (SSSR count). The first-order chi connectivity index (χ1) is 6.71. The Morgan fingerprint density at radius 3 is 2.13 bits per heavy atom. The van der Waals surface area contributed by atoms with Gasteiger partial charge in [0.1, 0.15) is 0 Å². The maximum Gasteiger partial charge on any atom is 0.401 e. The summed E-state index contributed by atoms with van der Waals surface area (Å²) in [5, 5.41) is 2.27. The number of halogens is 3. The fraction of sp³-hybridized carbons (Fsp3) is 1.00. The van der Waals surface area contributed by atoms with Gasteiger partial charge >= 0.3 is 6.18 Å². The summed E-state index contributed by atoms with van der Waals surface area (Å²) in [5.74, 6) is 0. The van der Waals surface area contributed by atoms with Crippen LogP contribution in [0.1, 0.15) is 27.2 Å². The topological polar surface area (TPSA) is 21.3 Å². The van der Waals surface area contributed by atoms with Crippen molar-refractivity contribution >= 4 is 0 Å². The van der Waals surface area contributed by atoms with Gasteiger partial charge in [0.2, 0.25) is 0 Å². The van der Waals surface area contributed by atoms with E-state index in [1.54, 1.807) is 0 Å². The van der Waals surface area contributed by atoms with Crippen LogP contribution in [0.2, 0.25) is 0 Å². The van der Waals surface area contributed by atoms with Gasteiger partial charge in [-0.15, -0.1) is 0 Å². The summed E-state index contributed by atoms with van der Waals surface area (Å²) in [7, 11) is 0. The Morgan fingerprint density at radius 1 is 1.07 bits per heavy atom. The maximum atomic E-state index is 11.7. The van der Waals surface area contributed by atoms with Gasteiger partial charge in [0.25, 0.3) is 0 Å². The summed E-state index contributed by atoms with van der Waals surface area (Å²) in [5.41, 5.74) is 0.208. The van der Waals surface area contributed by atoms with Crippen LogP contribution in [0.25, 0.3) is 0 Å². The summed E-state index contributed by atoms with van der Waals surface area (Å²) in [6.45, 7) is 6.50. The average Bonchev–Trinajstić information content (AvgIpc) is 1.98. The minimum absolute atomic E-state index is 0.208. The lowest BCUT2D eigenvalue weighted by Crippen LogP contribution is -2.31. The molecule has 0 unspecified atom stereocenters. The molecule has 0 spiro atoms. The Morgan fingerprint density at radius 2 is 1.67 bits per heavy atom. The minimum atomic E-state index is -4.13. The highest BCUT2D eigenvalue weighted by atomic mass is 19.4. The van der Waals surface area contributed by atoms with E-state index in [1.165, 1.54) is 0 Å². The molecule has 0 aromatic heterocycles. The highest BCUT2D eigenvalue weighted by Gasteiger charge is 2.25. The lowest BCUT2D eigenvalue weighted by Gasteiger charge is -2.17. The van der Waals surface area contributed by atoms with Crippen molar-refractivity contribution in [2.24, 2.45) is 5.41 Å². The SMILES string of the molecule is CC(C)(C)CCOCCNCC(F)(F)F. The zero-order valence-corrected chi connectivity index (χ0v) is 9.58. The molecule has 0 amide bonds. The molecule has 0 saturated carbocycles. The van der Waals surface area contributed by atoms with Gasteiger partial charge in [0.15, 0.2) is 0 Å². The first-order valence-corrected chi connectivity index (χ1v) is 5.06. The zero-order valence-electron chi connectivity index (χ0n) is 9.58. The molecular weight excluding hydrogens is 207 g/mol. The Labute approximate surface area is 89.2 Å². The van der Waals surface area contributed by atoms with Crippen LogP contribution < -0.4 is 5.32 Å². The number of alkyl halides is 3. The molecule has 0 aromatic carbocycles. The first kappa shape index (κ1) is 14.7. The van der Waals surface area contributed by atoms with Gasteiger partial charge in [-0.25, -0.2) is 0 Å². The third kappa shape index (κ3) is 13.7. The largest absolute Gasteiger partial charge is 0.401 e. The standard InChI is InChI=1S/C10H20F3NO/c1-9(2,3)4-6-15-7-5-14-8-10(11,12)13/h14H,4-8H2,1-3H3. The molecule has 0 atom stereocenters. The fourth-order valence-electron chi connectivity index (χ4n) is 0.855. The monoisotopic (exact) mass is 227 g/mol. The molecule has 0 aliphatic rings. The van der Waals surface area contributed by atoms with Crippen molar-refractivity contribution in [2.45, 2.75) is 33.4 Å². The van der Waals surface area contributed by atoms with Crippen LogP contribution in [-0.2, 0) is 4.74 Å². The number of ether oxygens (including phenoxy) is 1. The van der Waals surface area contributed by atoms with Crippen molar-refractivity contribution in [1.82, 2.24) is 5.32 Å². The van der Waals surface area contributed by atoms with E-state index in [4.69, 9.17) is 4.74 Å². The molecule has 0 radical (unpaired) electrons. The van der Waals surface area contributed by atoms with E-state index in [0.29, 0.717) is 13.2 Å². The van der Waals surface area contributed by atoms with E-state index in [0.717, 1.165) is 6.42 Å². The summed E-state index contributed by atoms with van der Waals surface area (Å²) >= 11 is 0. The molecular formula is C10H20F3NO. The second-order valence-electron chi connectivity index (χ2n) is 4.71. The number of nitrogens with one attached hydrogen (secondary N) is 1. The molecule has 0 heterocycles. The minimum Gasteiger partial charge on any atom is -0.380 e. The summed E-state index contributed by atoms with van der Waals surface area (Å²) < 4.78 is 40.2. The van der Waals surface area contributed by atoms with Crippen LogP contribution in [0.15, 0.2) is 0 Å². The smallest absolute Gasteiger partial charge is 0.380 e. The second kappa shape index (κ2) is 6.33. The lowest BCUT2D eigenvalue weighted by atomic mass is 9.93. The Balaban J connectivity index is 3.20. The summed E-state index contributed by atoms with van der Waals surface area (Å²) in [4.78, 5) is 0. The van der Waals surface area contributed by atoms with Crippen molar-refractivity contribution in [3.05, 3.63) is 0 Å². The van der Waals surface area contributed by atoms with E-state index < -0.39 is 12.7 Å². The molecule has 0 aliphatic carbocycles. The molecule has 2 nitrogen and oxygen atoms in total. The van der Waals surface area contributed by atoms with E-state index in [9.17, 15) is 13.2 Å². The van der Waals surface area contributed by atoms with Gasteiger partial charge in [-0.1, -0.05) is 20.8 Å². The zero-order chi connectivity index (χ0) is 11.9. The summed E-state index contributed by atoms with van der Waals surface area (Å²) in [6, 6.07) is 0. The molecule has 0 aromatic rings. The first-order valence-electron chi connectivity index (χ1n) is 5.06. The predicted molar refractivity (Wildman–Crippen MR) is 53.8 cm³/mol. The van der Waals surface area contributed by atoms with Crippen LogP contribution in [0.4, 0.5) is 13.2 Å². The molecule has 5 heteroatoms.